The van der Waals surface area contributed by atoms with Crippen molar-refractivity contribution in [2.24, 2.45) is 0 Å². The molecular formula is C20H30N4O3S. The first-order valence-electron chi connectivity index (χ1n) is 10.4. The Bertz CT molecular complexity index is 799. The largest absolute Gasteiger partial charge is 0.336 e. The molecule has 0 bridgehead atoms. The third kappa shape index (κ3) is 4.34. The number of likely N-dealkylation sites (tertiary alicyclic amines) is 1. The second-order valence-corrected chi connectivity index (χ2v) is 9.99. The van der Waals surface area contributed by atoms with Gasteiger partial charge in [-0.3, -0.25) is 14.0 Å². The maximum Gasteiger partial charge on any atom is 0.254 e. The summed E-state index contributed by atoms with van der Waals surface area (Å²) >= 11 is 0. The monoisotopic (exact) mass is 406 g/mol. The molecule has 1 aromatic carbocycles. The van der Waals surface area contributed by atoms with Gasteiger partial charge in [0.1, 0.15) is 0 Å². The van der Waals surface area contributed by atoms with E-state index in [1.54, 1.807) is 24.3 Å². The van der Waals surface area contributed by atoms with Crippen molar-refractivity contribution < 1.29 is 13.2 Å². The van der Waals surface area contributed by atoms with Crippen molar-refractivity contribution in [1.82, 2.24) is 14.7 Å². The molecule has 0 aromatic heterocycles. The van der Waals surface area contributed by atoms with E-state index in [0.717, 1.165) is 39.3 Å². The third-order valence-corrected chi connectivity index (χ3v) is 7.94. The fourth-order valence-corrected chi connectivity index (χ4v) is 5.93. The molecule has 1 amide bonds. The minimum absolute atomic E-state index is 0.00219. The van der Waals surface area contributed by atoms with Crippen LogP contribution in [0.4, 0.5) is 5.69 Å². The highest BCUT2D eigenvalue weighted by atomic mass is 32.2. The van der Waals surface area contributed by atoms with Crippen LogP contribution in [-0.4, -0.2) is 93.7 Å². The highest BCUT2D eigenvalue weighted by Crippen LogP contribution is 2.25. The summed E-state index contributed by atoms with van der Waals surface area (Å²) in [5, 5.41) is 0. The van der Waals surface area contributed by atoms with Crippen LogP contribution in [0.5, 0.6) is 0 Å². The minimum Gasteiger partial charge on any atom is -0.336 e. The van der Waals surface area contributed by atoms with Crippen LogP contribution >= 0.6 is 0 Å². The van der Waals surface area contributed by atoms with Gasteiger partial charge < -0.3 is 9.80 Å². The van der Waals surface area contributed by atoms with Crippen LogP contribution in [0.1, 0.15) is 29.6 Å². The van der Waals surface area contributed by atoms with Gasteiger partial charge in [0.25, 0.3) is 5.91 Å². The van der Waals surface area contributed by atoms with Crippen LogP contribution in [0.3, 0.4) is 0 Å². The number of amides is 1. The number of sulfonamides is 1. The Morgan fingerprint density at radius 2 is 1.54 bits per heavy atom. The predicted octanol–water partition coefficient (Wildman–Crippen LogP) is 1.08. The molecule has 1 aromatic rings. The number of nitrogens with zero attached hydrogens (tertiary/aromatic N) is 4. The van der Waals surface area contributed by atoms with E-state index in [1.165, 1.54) is 30.2 Å². The number of carbonyl (C=O) groups is 1. The van der Waals surface area contributed by atoms with Crippen LogP contribution in [0.2, 0.25) is 0 Å². The van der Waals surface area contributed by atoms with Gasteiger partial charge >= 0.3 is 0 Å². The Labute approximate surface area is 167 Å². The lowest BCUT2D eigenvalue weighted by Crippen LogP contribution is -2.50. The zero-order chi connectivity index (χ0) is 19.6. The van der Waals surface area contributed by atoms with Crippen molar-refractivity contribution >= 4 is 21.6 Å². The van der Waals surface area contributed by atoms with E-state index in [9.17, 15) is 13.2 Å². The summed E-state index contributed by atoms with van der Waals surface area (Å²) in [6.07, 6.45) is 3.28. The Morgan fingerprint density at radius 3 is 2.18 bits per heavy atom. The lowest BCUT2D eigenvalue weighted by atomic mass is 10.1. The van der Waals surface area contributed by atoms with Gasteiger partial charge in [0.15, 0.2) is 0 Å². The Hall–Kier alpha value is -1.64. The molecule has 0 radical (unpaired) electrons. The van der Waals surface area contributed by atoms with Crippen LogP contribution in [0.25, 0.3) is 0 Å². The summed E-state index contributed by atoms with van der Waals surface area (Å²) in [6.45, 7) is 8.40. The van der Waals surface area contributed by atoms with Gasteiger partial charge in [-0.15, -0.1) is 0 Å². The predicted molar refractivity (Wildman–Crippen MR) is 110 cm³/mol. The van der Waals surface area contributed by atoms with Gasteiger partial charge in [-0.1, -0.05) is 6.07 Å². The number of hydrogen-bond donors (Lipinski definition) is 0. The van der Waals surface area contributed by atoms with Crippen molar-refractivity contribution in [3.8, 4) is 0 Å². The van der Waals surface area contributed by atoms with Gasteiger partial charge in [0.2, 0.25) is 10.0 Å². The summed E-state index contributed by atoms with van der Waals surface area (Å²) < 4.78 is 25.7. The second-order valence-electron chi connectivity index (χ2n) is 7.97. The van der Waals surface area contributed by atoms with Crippen LogP contribution in [-0.2, 0) is 10.0 Å². The normalized spacial score (nSPS) is 23.4. The first-order chi connectivity index (χ1) is 13.5. The molecule has 0 atom stereocenters. The van der Waals surface area contributed by atoms with Gasteiger partial charge in [-0.05, 0) is 50.6 Å². The number of rotatable bonds is 5. The molecule has 0 aliphatic carbocycles. The molecule has 3 aliphatic rings. The molecule has 0 spiro atoms. The maximum atomic E-state index is 12.9. The topological polar surface area (TPSA) is 64.2 Å². The Balaban J connectivity index is 1.33. The number of piperazine rings is 1. The van der Waals surface area contributed by atoms with Crippen LogP contribution in [0, 0.1) is 0 Å². The van der Waals surface area contributed by atoms with Crippen molar-refractivity contribution in [2.45, 2.75) is 19.3 Å². The molecule has 7 nitrogen and oxygen atoms in total. The van der Waals surface area contributed by atoms with E-state index in [2.05, 4.69) is 9.80 Å². The minimum atomic E-state index is -3.23. The first kappa shape index (κ1) is 19.7. The molecule has 28 heavy (non-hydrogen) atoms. The maximum absolute atomic E-state index is 12.9. The van der Waals surface area contributed by atoms with Gasteiger partial charge in [0, 0.05) is 51.4 Å². The first-order valence-corrected chi connectivity index (χ1v) is 12.0. The van der Waals surface area contributed by atoms with E-state index >= 15 is 0 Å². The van der Waals surface area contributed by atoms with E-state index < -0.39 is 10.0 Å². The highest BCUT2D eigenvalue weighted by molar-refractivity contribution is 7.93. The molecule has 3 heterocycles. The molecule has 3 fully saturated rings. The van der Waals surface area contributed by atoms with Crippen molar-refractivity contribution in [1.29, 1.82) is 0 Å². The third-order valence-electron chi connectivity index (χ3n) is 6.07. The molecule has 4 rings (SSSR count). The number of benzene rings is 1. The molecule has 3 saturated heterocycles. The highest BCUT2D eigenvalue weighted by Gasteiger charge is 2.29. The lowest BCUT2D eigenvalue weighted by molar-refractivity contribution is 0.0626. The summed E-state index contributed by atoms with van der Waals surface area (Å²) in [5.41, 5.74) is 1.18. The number of carbonyl (C=O) groups excluding carboxylic acids is 1. The van der Waals surface area contributed by atoms with Crippen molar-refractivity contribution in [3.63, 3.8) is 0 Å². The molecule has 0 N–H and O–H groups in total. The Morgan fingerprint density at radius 1 is 0.857 bits per heavy atom. The summed E-state index contributed by atoms with van der Waals surface area (Å²) in [6, 6.07) is 7.07. The van der Waals surface area contributed by atoms with Gasteiger partial charge in [-0.2, -0.15) is 0 Å². The van der Waals surface area contributed by atoms with E-state index in [1.807, 2.05) is 4.90 Å². The Kier molecular flexibility index (Phi) is 5.89. The summed E-state index contributed by atoms with van der Waals surface area (Å²) in [7, 11) is -3.23. The molecule has 8 heteroatoms. The van der Waals surface area contributed by atoms with E-state index in [0.29, 0.717) is 24.2 Å². The smallest absolute Gasteiger partial charge is 0.254 e. The lowest BCUT2D eigenvalue weighted by Gasteiger charge is -2.35. The fraction of sp³-hybridized carbons (Fsp3) is 0.650. The van der Waals surface area contributed by atoms with E-state index in [-0.39, 0.29) is 11.7 Å². The van der Waals surface area contributed by atoms with Crippen LogP contribution in [0.15, 0.2) is 24.3 Å². The second kappa shape index (κ2) is 8.39. The molecule has 0 unspecified atom stereocenters. The number of anilines is 1. The molecule has 3 aliphatic heterocycles. The average Bonchev–Trinajstić information content (AvgIpc) is 3.35. The number of hydrogen-bond acceptors (Lipinski definition) is 5. The quantitative estimate of drug-likeness (QED) is 0.732. The van der Waals surface area contributed by atoms with Gasteiger partial charge in [0.05, 0.1) is 11.4 Å². The molecule has 0 saturated carbocycles. The summed E-state index contributed by atoms with van der Waals surface area (Å²) in [5.74, 6) is 0.183. The van der Waals surface area contributed by atoms with Gasteiger partial charge in [-0.25, -0.2) is 8.42 Å². The van der Waals surface area contributed by atoms with Crippen molar-refractivity contribution in [2.75, 3.05) is 69.0 Å². The SMILES string of the molecule is O=C(c1cccc(N2CCCS2(=O)=O)c1)N1CCN(CCN2CCCC2)CC1. The van der Waals surface area contributed by atoms with E-state index in [4.69, 9.17) is 0 Å². The molecular weight excluding hydrogens is 376 g/mol. The fourth-order valence-electron chi connectivity index (χ4n) is 4.37. The van der Waals surface area contributed by atoms with Crippen molar-refractivity contribution in [3.05, 3.63) is 29.8 Å². The van der Waals surface area contributed by atoms with Crippen LogP contribution < -0.4 is 4.31 Å². The average molecular weight is 407 g/mol. The summed E-state index contributed by atoms with van der Waals surface area (Å²) in [4.78, 5) is 19.8. The standard InChI is InChI=1S/C20H30N4O3S/c25-20(18-5-3-6-19(17-18)24-9-4-16-28(24,26)27)23-14-12-22(13-15-23)11-10-21-7-1-2-8-21/h3,5-6,17H,1-2,4,7-16H2. The molecule has 154 valence electrons. The zero-order valence-corrected chi connectivity index (χ0v) is 17.2. The zero-order valence-electron chi connectivity index (χ0n) is 16.4.